The fourth-order valence-electron chi connectivity index (χ4n) is 2.00. The Labute approximate surface area is 139 Å². The molecule has 0 atom stereocenters. The lowest BCUT2D eigenvalue weighted by Crippen LogP contribution is -2.28. The molecule has 0 bridgehead atoms. The molecule has 0 unspecified atom stereocenters. The van der Waals surface area contributed by atoms with E-state index in [2.05, 4.69) is 5.32 Å². The number of nitrogens with zero attached hydrogens (tertiary/aromatic N) is 1. The fourth-order valence-corrected chi connectivity index (χ4v) is 2.00. The number of hydrogen-bond acceptors (Lipinski definition) is 4. The van der Waals surface area contributed by atoms with Crippen molar-refractivity contribution in [3.63, 3.8) is 0 Å². The van der Waals surface area contributed by atoms with E-state index in [1.54, 1.807) is 36.4 Å². The third kappa shape index (κ3) is 4.71. The molecule has 1 N–H and O–H groups in total. The fraction of sp³-hybridized carbons (Fsp3) is 0.222. The van der Waals surface area contributed by atoms with Crippen LogP contribution < -0.4 is 14.8 Å². The average molecular weight is 328 g/mol. The Balaban J connectivity index is 1.92. The molecule has 124 valence electrons. The molecule has 2 rings (SSSR count). The van der Waals surface area contributed by atoms with Crippen LogP contribution in [0.25, 0.3) is 0 Å². The lowest BCUT2D eigenvalue weighted by Gasteiger charge is -2.12. The first kappa shape index (κ1) is 17.3. The van der Waals surface area contributed by atoms with E-state index in [0.29, 0.717) is 29.2 Å². The van der Waals surface area contributed by atoms with Crippen molar-refractivity contribution in [2.45, 2.75) is 13.5 Å². The Morgan fingerprint density at radius 2 is 2.00 bits per heavy atom. The number of hydrogen-bond donors (Lipinski definition) is 1. The van der Waals surface area contributed by atoms with Crippen molar-refractivity contribution in [3.05, 3.63) is 59.4 Å². The van der Waals surface area contributed by atoms with E-state index in [9.17, 15) is 9.18 Å². The smallest absolute Gasteiger partial charge is 0.258 e. The molecule has 2 aromatic rings. The summed E-state index contributed by atoms with van der Waals surface area (Å²) in [6, 6.07) is 12.9. The van der Waals surface area contributed by atoms with Gasteiger partial charge in [-0.25, -0.2) is 4.39 Å². The maximum Gasteiger partial charge on any atom is 0.258 e. The molecule has 5 nitrogen and oxygen atoms in total. The molecule has 0 aliphatic rings. The van der Waals surface area contributed by atoms with Gasteiger partial charge in [-0.2, -0.15) is 5.26 Å². The van der Waals surface area contributed by atoms with E-state index in [-0.39, 0.29) is 24.9 Å². The van der Waals surface area contributed by atoms with Crippen molar-refractivity contribution in [2.75, 3.05) is 13.2 Å². The summed E-state index contributed by atoms with van der Waals surface area (Å²) in [5.41, 5.74) is 0.842. The lowest BCUT2D eigenvalue weighted by atomic mass is 10.2. The molecule has 0 saturated heterocycles. The van der Waals surface area contributed by atoms with E-state index >= 15 is 0 Å². The number of carbonyl (C=O) groups is 1. The first-order valence-corrected chi connectivity index (χ1v) is 7.44. The number of benzene rings is 2. The maximum atomic E-state index is 13.5. The monoisotopic (exact) mass is 328 g/mol. The third-order valence-corrected chi connectivity index (χ3v) is 3.17. The predicted molar refractivity (Wildman–Crippen MR) is 86.1 cm³/mol. The average Bonchev–Trinajstić information content (AvgIpc) is 2.60. The van der Waals surface area contributed by atoms with Gasteiger partial charge in [0.15, 0.2) is 18.1 Å². The van der Waals surface area contributed by atoms with E-state index in [4.69, 9.17) is 14.7 Å². The van der Waals surface area contributed by atoms with Gasteiger partial charge in [0.25, 0.3) is 5.91 Å². The van der Waals surface area contributed by atoms with Crippen molar-refractivity contribution < 1.29 is 18.7 Å². The summed E-state index contributed by atoms with van der Waals surface area (Å²) >= 11 is 0. The van der Waals surface area contributed by atoms with Crippen LogP contribution in [0.5, 0.6) is 11.5 Å². The zero-order valence-corrected chi connectivity index (χ0v) is 13.2. The SMILES string of the molecule is CCOc1cc(C#N)ccc1OCC(=O)NCc1ccccc1F. The van der Waals surface area contributed by atoms with Gasteiger partial charge in [-0.1, -0.05) is 18.2 Å². The number of nitriles is 1. The van der Waals surface area contributed by atoms with Crippen LogP contribution in [0, 0.1) is 17.1 Å². The number of ether oxygens (including phenoxy) is 2. The summed E-state index contributed by atoms with van der Waals surface area (Å²) in [5.74, 6) is 0.0184. The number of rotatable bonds is 7. The van der Waals surface area contributed by atoms with Crippen LogP contribution in [0.1, 0.15) is 18.1 Å². The van der Waals surface area contributed by atoms with Crippen LogP contribution in [0.15, 0.2) is 42.5 Å². The minimum absolute atomic E-state index is 0.0839. The van der Waals surface area contributed by atoms with Crippen LogP contribution >= 0.6 is 0 Å². The van der Waals surface area contributed by atoms with E-state index in [0.717, 1.165) is 0 Å². The number of carbonyl (C=O) groups excluding carboxylic acids is 1. The van der Waals surface area contributed by atoms with Crippen molar-refractivity contribution in [1.82, 2.24) is 5.32 Å². The zero-order chi connectivity index (χ0) is 17.4. The Hall–Kier alpha value is -3.07. The lowest BCUT2D eigenvalue weighted by molar-refractivity contribution is -0.123. The minimum Gasteiger partial charge on any atom is -0.490 e. The molecule has 0 radical (unpaired) electrons. The Morgan fingerprint density at radius 1 is 1.21 bits per heavy atom. The molecule has 0 heterocycles. The molecule has 0 spiro atoms. The maximum absolute atomic E-state index is 13.5. The summed E-state index contributed by atoms with van der Waals surface area (Å²) < 4.78 is 24.3. The summed E-state index contributed by atoms with van der Waals surface area (Å²) in [6.07, 6.45) is 0. The Kier molecular flexibility index (Phi) is 6.15. The molecule has 0 aliphatic heterocycles. The quantitative estimate of drug-likeness (QED) is 0.848. The molecular formula is C18H17FN2O3. The van der Waals surface area contributed by atoms with Crippen molar-refractivity contribution >= 4 is 5.91 Å². The summed E-state index contributed by atoms with van der Waals surface area (Å²) in [4.78, 5) is 11.8. The highest BCUT2D eigenvalue weighted by atomic mass is 19.1. The zero-order valence-electron chi connectivity index (χ0n) is 13.2. The second-order valence-electron chi connectivity index (χ2n) is 4.86. The van der Waals surface area contributed by atoms with Crippen molar-refractivity contribution in [2.24, 2.45) is 0 Å². The van der Waals surface area contributed by atoms with Crippen molar-refractivity contribution in [1.29, 1.82) is 5.26 Å². The molecule has 0 saturated carbocycles. The molecule has 6 heteroatoms. The highest BCUT2D eigenvalue weighted by molar-refractivity contribution is 5.77. The number of halogens is 1. The van der Waals surface area contributed by atoms with Crippen LogP contribution in [-0.2, 0) is 11.3 Å². The van der Waals surface area contributed by atoms with Crippen LogP contribution in [0.2, 0.25) is 0 Å². The summed E-state index contributed by atoms with van der Waals surface area (Å²) in [5, 5.41) is 11.5. The molecule has 0 fully saturated rings. The Bertz CT molecular complexity index is 756. The highest BCUT2D eigenvalue weighted by Crippen LogP contribution is 2.28. The van der Waals surface area contributed by atoms with Gasteiger partial charge in [0, 0.05) is 18.2 Å². The van der Waals surface area contributed by atoms with Gasteiger partial charge >= 0.3 is 0 Å². The second-order valence-corrected chi connectivity index (χ2v) is 4.86. The number of amides is 1. The van der Waals surface area contributed by atoms with Gasteiger partial charge in [0.1, 0.15) is 5.82 Å². The van der Waals surface area contributed by atoms with Crippen molar-refractivity contribution in [3.8, 4) is 17.6 Å². The van der Waals surface area contributed by atoms with E-state index in [1.165, 1.54) is 6.07 Å². The van der Waals surface area contributed by atoms with Crippen LogP contribution in [0.3, 0.4) is 0 Å². The van der Waals surface area contributed by atoms with E-state index in [1.807, 2.05) is 13.0 Å². The molecule has 0 aliphatic carbocycles. The molecular weight excluding hydrogens is 311 g/mol. The summed E-state index contributed by atoms with van der Waals surface area (Å²) in [7, 11) is 0. The van der Waals surface area contributed by atoms with Crippen LogP contribution in [-0.4, -0.2) is 19.1 Å². The largest absolute Gasteiger partial charge is 0.490 e. The van der Waals surface area contributed by atoms with Gasteiger partial charge in [0.05, 0.1) is 18.2 Å². The predicted octanol–water partition coefficient (Wildman–Crippen LogP) is 2.79. The normalized spacial score (nSPS) is 9.88. The molecule has 1 amide bonds. The summed E-state index contributed by atoms with van der Waals surface area (Å²) in [6.45, 7) is 2.07. The third-order valence-electron chi connectivity index (χ3n) is 3.17. The highest BCUT2D eigenvalue weighted by Gasteiger charge is 2.10. The molecule has 2 aromatic carbocycles. The van der Waals surface area contributed by atoms with E-state index < -0.39 is 0 Å². The van der Waals surface area contributed by atoms with Crippen LogP contribution in [0.4, 0.5) is 4.39 Å². The van der Waals surface area contributed by atoms with Gasteiger partial charge in [0.2, 0.25) is 0 Å². The first-order valence-electron chi connectivity index (χ1n) is 7.44. The van der Waals surface area contributed by atoms with Gasteiger partial charge in [-0.3, -0.25) is 4.79 Å². The number of nitrogens with one attached hydrogen (secondary N) is 1. The standard InChI is InChI=1S/C18H17FN2O3/c1-2-23-17-9-13(10-20)7-8-16(17)24-12-18(22)21-11-14-5-3-4-6-15(14)19/h3-9H,2,11-12H2,1H3,(H,21,22). The minimum atomic E-state index is -0.384. The van der Waals surface area contributed by atoms with Gasteiger partial charge in [-0.15, -0.1) is 0 Å². The van der Waals surface area contributed by atoms with Gasteiger partial charge in [-0.05, 0) is 25.1 Å². The molecule has 0 aromatic heterocycles. The molecule has 24 heavy (non-hydrogen) atoms. The first-order chi connectivity index (χ1) is 11.6. The second kappa shape index (κ2) is 8.53. The van der Waals surface area contributed by atoms with Gasteiger partial charge < -0.3 is 14.8 Å². The Morgan fingerprint density at radius 3 is 2.71 bits per heavy atom. The topological polar surface area (TPSA) is 71.3 Å².